The molecule has 0 unspecified atom stereocenters. The summed E-state index contributed by atoms with van der Waals surface area (Å²) in [6.07, 6.45) is 6.08. The Morgan fingerprint density at radius 3 is 2.68 bits per heavy atom. The van der Waals surface area contributed by atoms with E-state index in [1.165, 1.54) is 5.56 Å². The first-order valence-corrected chi connectivity index (χ1v) is 13.7. The lowest BCUT2D eigenvalue weighted by atomic mass is 10.1. The Bertz CT molecular complexity index is 916. The number of carbonyl (C=O) groups is 3. The Hall–Kier alpha value is -2.88. The normalized spacial score (nSPS) is 19.6. The van der Waals surface area contributed by atoms with Gasteiger partial charge in [-0.05, 0) is 77.3 Å². The second kappa shape index (κ2) is 14.2. The average Bonchev–Trinajstić information content (AvgIpc) is 3.22. The van der Waals surface area contributed by atoms with Crippen LogP contribution in [0.15, 0.2) is 12.1 Å². The van der Waals surface area contributed by atoms with Crippen LogP contribution in [-0.4, -0.2) is 88.8 Å². The van der Waals surface area contributed by atoms with E-state index in [1.54, 1.807) is 9.80 Å². The van der Waals surface area contributed by atoms with Crippen molar-refractivity contribution in [2.75, 3.05) is 38.2 Å². The molecule has 0 radical (unpaired) electrons. The minimum Gasteiger partial charge on any atom is -0.480 e. The molecule has 3 N–H and O–H groups in total. The van der Waals surface area contributed by atoms with Crippen LogP contribution < -0.4 is 10.6 Å². The van der Waals surface area contributed by atoms with Gasteiger partial charge in [0, 0.05) is 44.0 Å². The molecule has 1 aromatic rings. The fourth-order valence-corrected chi connectivity index (χ4v) is 5.12. The summed E-state index contributed by atoms with van der Waals surface area (Å²) in [6.45, 7) is 8.56. The summed E-state index contributed by atoms with van der Waals surface area (Å²) < 4.78 is 5.45. The topological polar surface area (TPSA) is 124 Å². The molecule has 10 nitrogen and oxygen atoms in total. The molecule has 1 saturated heterocycles. The van der Waals surface area contributed by atoms with Gasteiger partial charge < -0.3 is 30.3 Å². The van der Waals surface area contributed by atoms with Crippen molar-refractivity contribution in [1.29, 1.82) is 0 Å². The first-order chi connectivity index (χ1) is 17.8. The molecule has 1 fully saturated rings. The minimum absolute atomic E-state index is 0.0447. The second-order valence-corrected chi connectivity index (χ2v) is 10.1. The highest BCUT2D eigenvalue weighted by Gasteiger charge is 2.34. The number of rotatable bonds is 13. The minimum atomic E-state index is -1.28. The fourth-order valence-electron chi connectivity index (χ4n) is 5.12. The first-order valence-electron chi connectivity index (χ1n) is 13.7. The van der Waals surface area contributed by atoms with E-state index in [9.17, 15) is 19.5 Å². The van der Waals surface area contributed by atoms with Gasteiger partial charge in [-0.25, -0.2) is 14.6 Å². The highest BCUT2D eigenvalue weighted by Crippen LogP contribution is 2.23. The van der Waals surface area contributed by atoms with Crippen LogP contribution in [0, 0.1) is 0 Å². The van der Waals surface area contributed by atoms with Crippen LogP contribution in [0.3, 0.4) is 0 Å². The molecule has 3 amide bonds. The predicted molar refractivity (Wildman–Crippen MR) is 142 cm³/mol. The standard InChI is InChI=1S/C27H43N5O5/c1-4-37-17-16-31(15-6-5-9-22-13-12-21-8-7-14-28-25(21)29-22)24(33)18-23(26(34)35)30-27(36)32-19(2)10-11-20(32)3/h12-13,19-20,23H,4-11,14-18H2,1-3H3,(H,28,29)(H,30,36)(H,34,35)/t19-,20-,23+/m1/s1. The molecule has 2 aliphatic heterocycles. The van der Waals surface area contributed by atoms with Crippen molar-refractivity contribution < 1.29 is 24.2 Å². The van der Waals surface area contributed by atoms with E-state index in [0.717, 1.165) is 63.0 Å². The number of nitrogens with zero attached hydrogens (tertiary/aromatic N) is 3. The average molecular weight is 518 g/mol. The number of carboxylic acid groups (broad SMARTS) is 1. The predicted octanol–water partition coefficient (Wildman–Crippen LogP) is 3.05. The lowest BCUT2D eigenvalue weighted by Crippen LogP contribution is -2.52. The van der Waals surface area contributed by atoms with Crippen molar-refractivity contribution in [2.24, 2.45) is 0 Å². The molecule has 0 spiro atoms. The summed E-state index contributed by atoms with van der Waals surface area (Å²) in [7, 11) is 0. The van der Waals surface area contributed by atoms with E-state index in [-0.39, 0.29) is 24.4 Å². The van der Waals surface area contributed by atoms with Crippen LogP contribution in [0.1, 0.15) is 70.6 Å². The number of fused-ring (bicyclic) bond motifs is 1. The Morgan fingerprint density at radius 1 is 1.22 bits per heavy atom. The zero-order valence-electron chi connectivity index (χ0n) is 22.5. The number of pyridine rings is 1. The summed E-state index contributed by atoms with van der Waals surface area (Å²) in [5.41, 5.74) is 2.29. The molecule has 1 aromatic heterocycles. The zero-order valence-corrected chi connectivity index (χ0v) is 22.5. The number of ether oxygens (including phenoxy) is 1. The number of likely N-dealkylation sites (tertiary alicyclic amines) is 1. The van der Waals surface area contributed by atoms with Crippen LogP contribution in [0.5, 0.6) is 0 Å². The molecule has 0 bridgehead atoms. The van der Waals surface area contributed by atoms with Crippen molar-refractivity contribution >= 4 is 23.7 Å². The third-order valence-corrected chi connectivity index (χ3v) is 7.29. The van der Waals surface area contributed by atoms with Gasteiger partial charge in [0.2, 0.25) is 5.91 Å². The van der Waals surface area contributed by atoms with Gasteiger partial charge in [0.25, 0.3) is 0 Å². The molecular weight excluding hydrogens is 474 g/mol. The van der Waals surface area contributed by atoms with E-state index < -0.39 is 18.0 Å². The van der Waals surface area contributed by atoms with Crippen LogP contribution in [-0.2, 0) is 27.2 Å². The number of carbonyl (C=O) groups excluding carboxylic acids is 2. The Labute approximate surface area is 220 Å². The van der Waals surface area contributed by atoms with Crippen molar-refractivity contribution in [1.82, 2.24) is 20.1 Å². The molecule has 0 aromatic carbocycles. The molecule has 37 heavy (non-hydrogen) atoms. The quantitative estimate of drug-likeness (QED) is 0.344. The van der Waals surface area contributed by atoms with Crippen molar-refractivity contribution in [3.8, 4) is 0 Å². The number of unbranched alkanes of at least 4 members (excludes halogenated alkanes) is 1. The maximum Gasteiger partial charge on any atom is 0.326 e. The van der Waals surface area contributed by atoms with Gasteiger partial charge in [0.15, 0.2) is 0 Å². The third kappa shape index (κ3) is 8.31. The Balaban J connectivity index is 1.53. The van der Waals surface area contributed by atoms with Crippen molar-refractivity contribution in [3.63, 3.8) is 0 Å². The monoisotopic (exact) mass is 517 g/mol. The van der Waals surface area contributed by atoms with E-state index in [1.807, 2.05) is 20.8 Å². The van der Waals surface area contributed by atoms with Gasteiger partial charge >= 0.3 is 12.0 Å². The van der Waals surface area contributed by atoms with Crippen LogP contribution in [0.4, 0.5) is 10.6 Å². The lowest BCUT2D eigenvalue weighted by Gasteiger charge is -2.29. The van der Waals surface area contributed by atoms with Crippen LogP contribution in [0.2, 0.25) is 0 Å². The molecule has 2 aliphatic rings. The molecule has 206 valence electrons. The first kappa shape index (κ1) is 28.7. The van der Waals surface area contributed by atoms with E-state index in [4.69, 9.17) is 9.72 Å². The van der Waals surface area contributed by atoms with Gasteiger partial charge in [0.1, 0.15) is 11.9 Å². The lowest BCUT2D eigenvalue weighted by molar-refractivity contribution is -0.143. The number of anilines is 1. The number of carboxylic acids is 1. The summed E-state index contributed by atoms with van der Waals surface area (Å²) in [5, 5.41) is 15.7. The number of nitrogens with one attached hydrogen (secondary N) is 2. The van der Waals surface area contributed by atoms with Gasteiger partial charge in [-0.2, -0.15) is 0 Å². The SMILES string of the molecule is CCOCCN(CCCCc1ccc2c(n1)NCCC2)C(=O)C[C@H](NC(=O)N1[C@H](C)CC[C@H]1C)C(=O)O. The number of aromatic nitrogens is 1. The molecule has 3 atom stereocenters. The number of urea groups is 1. The molecule has 3 rings (SSSR count). The summed E-state index contributed by atoms with van der Waals surface area (Å²) >= 11 is 0. The highest BCUT2D eigenvalue weighted by atomic mass is 16.5. The number of amides is 3. The maximum atomic E-state index is 13.1. The molecule has 10 heteroatoms. The van der Waals surface area contributed by atoms with Gasteiger partial charge in [-0.1, -0.05) is 6.07 Å². The second-order valence-electron chi connectivity index (χ2n) is 10.1. The summed E-state index contributed by atoms with van der Waals surface area (Å²) in [5.74, 6) is -0.527. The third-order valence-electron chi connectivity index (χ3n) is 7.29. The number of hydrogen-bond donors (Lipinski definition) is 3. The van der Waals surface area contributed by atoms with Crippen LogP contribution in [0.25, 0.3) is 0 Å². The highest BCUT2D eigenvalue weighted by molar-refractivity contribution is 5.88. The largest absolute Gasteiger partial charge is 0.480 e. The fraction of sp³-hybridized carbons (Fsp3) is 0.704. The van der Waals surface area contributed by atoms with Crippen LogP contribution >= 0.6 is 0 Å². The molecule has 0 aliphatic carbocycles. The van der Waals surface area contributed by atoms with Crippen molar-refractivity contribution in [2.45, 2.75) is 90.3 Å². The Kier molecular flexibility index (Phi) is 11.0. The maximum absolute atomic E-state index is 13.1. The van der Waals surface area contributed by atoms with Gasteiger partial charge in [0.05, 0.1) is 13.0 Å². The van der Waals surface area contributed by atoms with Gasteiger partial charge in [-0.3, -0.25) is 4.79 Å². The number of aryl methyl sites for hydroxylation is 2. The molecule has 0 saturated carbocycles. The van der Waals surface area contributed by atoms with Crippen molar-refractivity contribution in [3.05, 3.63) is 23.4 Å². The summed E-state index contributed by atoms with van der Waals surface area (Å²) in [6, 6.07) is 2.61. The van der Waals surface area contributed by atoms with E-state index in [2.05, 4.69) is 22.8 Å². The van der Waals surface area contributed by atoms with E-state index >= 15 is 0 Å². The smallest absolute Gasteiger partial charge is 0.326 e. The van der Waals surface area contributed by atoms with E-state index in [0.29, 0.717) is 26.3 Å². The molecule has 3 heterocycles. The number of hydrogen-bond acceptors (Lipinski definition) is 6. The zero-order chi connectivity index (χ0) is 26.8. The summed E-state index contributed by atoms with van der Waals surface area (Å²) in [4.78, 5) is 45.9. The molecular formula is C27H43N5O5. The Morgan fingerprint density at radius 2 is 1.97 bits per heavy atom. The number of aliphatic carboxylic acids is 1. The van der Waals surface area contributed by atoms with Gasteiger partial charge in [-0.15, -0.1) is 0 Å².